The maximum Gasteiger partial charge on any atom is 0.129 e. The van der Waals surface area contributed by atoms with E-state index in [1.54, 1.807) is 0 Å². The molecule has 0 saturated heterocycles. The second-order valence-electron chi connectivity index (χ2n) is 7.68. The quantitative estimate of drug-likeness (QED) is 0.493. The van der Waals surface area contributed by atoms with Crippen molar-refractivity contribution in [3.8, 4) is 0 Å². The number of hydrogen-bond donors (Lipinski definition) is 0. The van der Waals surface area contributed by atoms with Gasteiger partial charge in [0.25, 0.3) is 0 Å². The van der Waals surface area contributed by atoms with Crippen LogP contribution < -0.4 is 0 Å². The molecular weight excluding hydrogens is 316 g/mol. The maximum absolute atomic E-state index is 2.37. The van der Waals surface area contributed by atoms with Gasteiger partial charge in [-0.15, -0.1) is 0 Å². The minimum atomic E-state index is 1.11. The molecule has 2 aromatic carbocycles. The Morgan fingerprint density at radius 2 is 0.846 bits per heavy atom. The molecule has 0 fully saturated rings. The van der Waals surface area contributed by atoms with E-state index in [4.69, 9.17) is 0 Å². The average molecular weight is 355 g/mol. The minimum absolute atomic E-state index is 1.11. The number of likely N-dealkylation sites (N-methyl/N-ethyl adjacent to an activating group) is 2. The topological polar surface area (TPSA) is 0 Å². The Balaban J connectivity index is 2.26. The van der Waals surface area contributed by atoms with Gasteiger partial charge in [0.1, 0.15) is 26.2 Å². The highest BCUT2D eigenvalue weighted by Crippen LogP contribution is 2.21. The average Bonchev–Trinajstić information content (AvgIpc) is 2.71. The van der Waals surface area contributed by atoms with E-state index in [2.05, 4.69) is 88.4 Å². The number of hydrogen-bond acceptors (Lipinski definition) is 0. The van der Waals surface area contributed by atoms with Crippen molar-refractivity contribution in [3.05, 3.63) is 71.8 Å². The Kier molecular flexibility index (Phi) is 7.86. The van der Waals surface area contributed by atoms with Crippen molar-refractivity contribution in [2.24, 2.45) is 0 Å². The zero-order valence-electron chi connectivity index (χ0n) is 17.3. The molecule has 0 spiro atoms. The van der Waals surface area contributed by atoms with Crippen LogP contribution in [0.4, 0.5) is 0 Å². The minimum Gasteiger partial charge on any atom is -0.320 e. The summed E-state index contributed by atoms with van der Waals surface area (Å²) < 4.78 is 2.36. The first-order valence-electron chi connectivity index (χ1n) is 10.4. The summed E-state index contributed by atoms with van der Waals surface area (Å²) in [7, 11) is 0. The summed E-state index contributed by atoms with van der Waals surface area (Å²) in [5, 5.41) is 0. The lowest BCUT2D eigenvalue weighted by Gasteiger charge is -2.43. The second kappa shape index (κ2) is 9.89. The van der Waals surface area contributed by atoms with Crippen molar-refractivity contribution >= 4 is 0 Å². The molecule has 26 heavy (non-hydrogen) atoms. The van der Waals surface area contributed by atoms with Gasteiger partial charge in [-0.3, -0.25) is 0 Å². The summed E-state index contributed by atoms with van der Waals surface area (Å²) >= 11 is 0. The zero-order valence-corrected chi connectivity index (χ0v) is 17.3. The third-order valence-corrected chi connectivity index (χ3v) is 6.45. The zero-order chi connectivity index (χ0) is 18.9. The number of rotatable bonds is 11. The number of benzene rings is 2. The standard InChI is InChI=1S/C24H38N2/c1-5-25(6-2,7-3)19-20-26(8-4,21-23-15-11-9-12-16-23)22-24-17-13-10-14-18-24/h9-18H,5-8,19-22H2,1-4H3/q+2. The molecule has 2 rings (SSSR count). The molecule has 142 valence electrons. The fourth-order valence-corrected chi connectivity index (χ4v) is 4.11. The summed E-state index contributed by atoms with van der Waals surface area (Å²) in [5.74, 6) is 0. The molecule has 2 nitrogen and oxygen atoms in total. The third kappa shape index (κ3) is 5.43. The monoisotopic (exact) mass is 354 g/mol. The normalized spacial score (nSPS) is 12.3. The fourth-order valence-electron chi connectivity index (χ4n) is 4.11. The Labute approximate surface area is 161 Å². The van der Waals surface area contributed by atoms with Gasteiger partial charge in [-0.05, 0) is 27.7 Å². The smallest absolute Gasteiger partial charge is 0.129 e. The Morgan fingerprint density at radius 3 is 1.19 bits per heavy atom. The van der Waals surface area contributed by atoms with E-state index in [0.29, 0.717) is 0 Å². The van der Waals surface area contributed by atoms with Crippen molar-refractivity contribution < 1.29 is 8.97 Å². The molecule has 0 atom stereocenters. The molecule has 0 heterocycles. The van der Waals surface area contributed by atoms with Crippen molar-refractivity contribution in [2.75, 3.05) is 39.3 Å². The number of quaternary nitrogens is 2. The third-order valence-electron chi connectivity index (χ3n) is 6.45. The number of nitrogens with zero attached hydrogens (tertiary/aromatic N) is 2. The van der Waals surface area contributed by atoms with Gasteiger partial charge in [-0.25, -0.2) is 0 Å². The van der Waals surface area contributed by atoms with Crippen molar-refractivity contribution in [2.45, 2.75) is 40.8 Å². The fraction of sp³-hybridized carbons (Fsp3) is 0.500. The van der Waals surface area contributed by atoms with Gasteiger partial charge in [-0.1, -0.05) is 60.7 Å². The van der Waals surface area contributed by atoms with Crippen LogP contribution in [0.3, 0.4) is 0 Å². The van der Waals surface area contributed by atoms with Gasteiger partial charge in [0, 0.05) is 11.1 Å². The largest absolute Gasteiger partial charge is 0.320 e. The van der Waals surface area contributed by atoms with Gasteiger partial charge in [0.2, 0.25) is 0 Å². The molecule has 0 N–H and O–H groups in total. The van der Waals surface area contributed by atoms with Crippen LogP contribution in [0.2, 0.25) is 0 Å². The van der Waals surface area contributed by atoms with E-state index < -0.39 is 0 Å². The molecule has 0 aromatic heterocycles. The Morgan fingerprint density at radius 1 is 0.500 bits per heavy atom. The molecule has 0 unspecified atom stereocenters. The van der Waals surface area contributed by atoms with E-state index in [1.807, 2.05) is 0 Å². The van der Waals surface area contributed by atoms with Gasteiger partial charge in [0.05, 0.1) is 26.2 Å². The van der Waals surface area contributed by atoms with Gasteiger partial charge >= 0.3 is 0 Å². The Hall–Kier alpha value is -1.64. The van der Waals surface area contributed by atoms with E-state index >= 15 is 0 Å². The summed E-state index contributed by atoms with van der Waals surface area (Å²) in [5.41, 5.74) is 2.90. The van der Waals surface area contributed by atoms with E-state index in [0.717, 1.165) is 17.6 Å². The Bertz CT molecular complexity index is 567. The maximum atomic E-state index is 2.37. The van der Waals surface area contributed by atoms with E-state index in [9.17, 15) is 0 Å². The van der Waals surface area contributed by atoms with Crippen LogP contribution in [0.25, 0.3) is 0 Å². The highest BCUT2D eigenvalue weighted by molar-refractivity contribution is 5.15. The van der Waals surface area contributed by atoms with Crippen LogP contribution >= 0.6 is 0 Å². The van der Waals surface area contributed by atoms with E-state index in [1.165, 1.54) is 54.9 Å². The lowest BCUT2D eigenvalue weighted by Crippen LogP contribution is -2.56. The predicted molar refractivity (Wildman–Crippen MR) is 113 cm³/mol. The van der Waals surface area contributed by atoms with Crippen LogP contribution in [0.5, 0.6) is 0 Å². The highest BCUT2D eigenvalue weighted by atomic mass is 15.4. The first-order valence-corrected chi connectivity index (χ1v) is 10.4. The lowest BCUT2D eigenvalue weighted by atomic mass is 10.1. The molecule has 0 amide bonds. The van der Waals surface area contributed by atoms with Gasteiger partial charge < -0.3 is 8.97 Å². The van der Waals surface area contributed by atoms with Crippen LogP contribution in [-0.4, -0.2) is 48.2 Å². The van der Waals surface area contributed by atoms with Crippen molar-refractivity contribution in [3.63, 3.8) is 0 Å². The van der Waals surface area contributed by atoms with Crippen LogP contribution in [-0.2, 0) is 13.1 Å². The highest BCUT2D eigenvalue weighted by Gasteiger charge is 2.31. The summed E-state index contributed by atoms with van der Waals surface area (Å²) in [6.45, 7) is 19.0. The predicted octanol–water partition coefficient (Wildman–Crippen LogP) is 5.10. The van der Waals surface area contributed by atoms with Crippen LogP contribution in [0.1, 0.15) is 38.8 Å². The SMILES string of the molecule is CC[N+](CC)(CC)CC[N+](CC)(Cc1ccccc1)Cc1ccccc1. The molecule has 0 bridgehead atoms. The molecule has 2 heteroatoms. The molecular formula is C24H38N2+2. The molecule has 0 aliphatic carbocycles. The molecule has 0 saturated carbocycles. The first-order chi connectivity index (χ1) is 12.6. The molecule has 0 aliphatic heterocycles. The molecule has 2 aromatic rings. The van der Waals surface area contributed by atoms with E-state index in [-0.39, 0.29) is 0 Å². The summed E-state index contributed by atoms with van der Waals surface area (Å²) in [4.78, 5) is 0. The summed E-state index contributed by atoms with van der Waals surface area (Å²) in [6.07, 6.45) is 0. The van der Waals surface area contributed by atoms with Gasteiger partial charge in [-0.2, -0.15) is 0 Å². The summed E-state index contributed by atoms with van der Waals surface area (Å²) in [6, 6.07) is 22.1. The second-order valence-corrected chi connectivity index (χ2v) is 7.68. The van der Waals surface area contributed by atoms with Crippen LogP contribution in [0, 0.1) is 0 Å². The molecule has 0 radical (unpaired) electrons. The van der Waals surface area contributed by atoms with Crippen molar-refractivity contribution in [1.29, 1.82) is 0 Å². The van der Waals surface area contributed by atoms with Gasteiger partial charge in [0.15, 0.2) is 0 Å². The molecule has 0 aliphatic rings. The lowest BCUT2D eigenvalue weighted by molar-refractivity contribution is -0.992. The first kappa shape index (κ1) is 20.7. The van der Waals surface area contributed by atoms with Crippen molar-refractivity contribution in [1.82, 2.24) is 0 Å². The van der Waals surface area contributed by atoms with Crippen LogP contribution in [0.15, 0.2) is 60.7 Å².